The van der Waals surface area contributed by atoms with Crippen molar-refractivity contribution in [1.29, 1.82) is 0 Å². The Balaban J connectivity index is 1.96. The number of hydrogen-bond acceptors (Lipinski definition) is 3. The first kappa shape index (κ1) is 21.1. The standard InChI is InChI=1S/C20H15Cl2FN2O3S/c21-14-8-10-17(11-9-14)29(27,28)25(16-5-3-4-15(22)12-16)13-20(26)24-19-7-2-1-6-18(19)23/h1-12H,13H2,(H,24,26). The Bertz CT molecular complexity index is 1140. The van der Waals surface area contributed by atoms with Gasteiger partial charge in [0.1, 0.15) is 12.4 Å². The van der Waals surface area contributed by atoms with Crippen LogP contribution in [-0.4, -0.2) is 20.9 Å². The van der Waals surface area contributed by atoms with Gasteiger partial charge in [-0.2, -0.15) is 0 Å². The van der Waals surface area contributed by atoms with Crippen molar-refractivity contribution >= 4 is 50.5 Å². The van der Waals surface area contributed by atoms with Gasteiger partial charge in [0.25, 0.3) is 10.0 Å². The van der Waals surface area contributed by atoms with E-state index >= 15 is 0 Å². The molecule has 3 aromatic rings. The molecule has 0 radical (unpaired) electrons. The van der Waals surface area contributed by atoms with E-state index in [9.17, 15) is 17.6 Å². The van der Waals surface area contributed by atoms with Crippen LogP contribution < -0.4 is 9.62 Å². The highest BCUT2D eigenvalue weighted by molar-refractivity contribution is 7.92. The van der Waals surface area contributed by atoms with Gasteiger partial charge in [-0.05, 0) is 54.6 Å². The lowest BCUT2D eigenvalue weighted by Gasteiger charge is -2.24. The zero-order valence-electron chi connectivity index (χ0n) is 14.8. The summed E-state index contributed by atoms with van der Waals surface area (Å²) >= 11 is 11.8. The third kappa shape index (κ3) is 5.06. The molecule has 5 nitrogen and oxygen atoms in total. The summed E-state index contributed by atoms with van der Waals surface area (Å²) in [6.07, 6.45) is 0. The number of hydrogen-bond donors (Lipinski definition) is 1. The Morgan fingerprint density at radius 2 is 1.62 bits per heavy atom. The number of halogens is 3. The summed E-state index contributed by atoms with van der Waals surface area (Å²) < 4.78 is 41.1. The van der Waals surface area contributed by atoms with Crippen molar-refractivity contribution in [2.45, 2.75) is 4.90 Å². The molecule has 1 amide bonds. The highest BCUT2D eigenvalue weighted by Crippen LogP contribution is 2.27. The molecule has 0 aliphatic carbocycles. The van der Waals surface area contributed by atoms with Gasteiger partial charge in [0.2, 0.25) is 5.91 Å². The molecule has 1 N–H and O–H groups in total. The van der Waals surface area contributed by atoms with Gasteiger partial charge < -0.3 is 5.32 Å². The number of anilines is 2. The number of rotatable bonds is 6. The van der Waals surface area contributed by atoms with Crippen LogP contribution in [0.25, 0.3) is 0 Å². The second-order valence-electron chi connectivity index (χ2n) is 5.97. The molecule has 0 bridgehead atoms. The van der Waals surface area contributed by atoms with Crippen molar-refractivity contribution in [2.75, 3.05) is 16.2 Å². The first-order valence-electron chi connectivity index (χ1n) is 8.35. The number of carbonyl (C=O) groups excluding carboxylic acids is 1. The monoisotopic (exact) mass is 452 g/mol. The maximum atomic E-state index is 13.8. The average molecular weight is 453 g/mol. The molecule has 0 unspecified atom stereocenters. The Morgan fingerprint density at radius 1 is 0.931 bits per heavy atom. The van der Waals surface area contributed by atoms with Crippen LogP contribution in [0.3, 0.4) is 0 Å². The van der Waals surface area contributed by atoms with Crippen LogP contribution in [0.2, 0.25) is 10.0 Å². The van der Waals surface area contributed by atoms with Gasteiger partial charge in [-0.15, -0.1) is 0 Å². The molecule has 0 saturated heterocycles. The van der Waals surface area contributed by atoms with E-state index in [1.807, 2.05) is 0 Å². The quantitative estimate of drug-likeness (QED) is 0.574. The predicted molar refractivity (Wildman–Crippen MR) is 112 cm³/mol. The molecule has 0 aliphatic rings. The van der Waals surface area contributed by atoms with Crippen LogP contribution in [0.1, 0.15) is 0 Å². The minimum atomic E-state index is -4.12. The zero-order valence-corrected chi connectivity index (χ0v) is 17.2. The maximum Gasteiger partial charge on any atom is 0.264 e. The highest BCUT2D eigenvalue weighted by atomic mass is 35.5. The van der Waals surface area contributed by atoms with Crippen LogP contribution in [0.15, 0.2) is 77.7 Å². The van der Waals surface area contributed by atoms with Crippen LogP contribution in [0.4, 0.5) is 15.8 Å². The van der Waals surface area contributed by atoms with Gasteiger partial charge in [-0.1, -0.05) is 41.4 Å². The number of carbonyl (C=O) groups is 1. The fourth-order valence-corrected chi connectivity index (χ4v) is 4.29. The van der Waals surface area contributed by atoms with Crippen molar-refractivity contribution in [3.8, 4) is 0 Å². The smallest absolute Gasteiger partial charge is 0.264 e. The summed E-state index contributed by atoms with van der Waals surface area (Å²) in [5, 5.41) is 3.05. The summed E-state index contributed by atoms with van der Waals surface area (Å²) in [7, 11) is -4.12. The molecular weight excluding hydrogens is 438 g/mol. The van der Waals surface area contributed by atoms with Crippen LogP contribution >= 0.6 is 23.2 Å². The van der Waals surface area contributed by atoms with E-state index in [2.05, 4.69) is 5.32 Å². The Labute approximate surface area is 177 Å². The highest BCUT2D eigenvalue weighted by Gasteiger charge is 2.27. The zero-order chi connectivity index (χ0) is 21.0. The lowest BCUT2D eigenvalue weighted by molar-refractivity contribution is -0.114. The maximum absolute atomic E-state index is 13.8. The average Bonchev–Trinajstić information content (AvgIpc) is 2.68. The molecule has 29 heavy (non-hydrogen) atoms. The Hall–Kier alpha value is -2.61. The molecule has 3 rings (SSSR count). The number of benzene rings is 3. The van der Waals surface area contributed by atoms with Crippen molar-refractivity contribution in [3.05, 3.63) is 88.7 Å². The van der Waals surface area contributed by atoms with Crippen LogP contribution in [0.5, 0.6) is 0 Å². The Kier molecular flexibility index (Phi) is 6.42. The summed E-state index contributed by atoms with van der Waals surface area (Å²) in [5.41, 5.74) is 0.142. The molecule has 0 spiro atoms. The fourth-order valence-electron chi connectivity index (χ4n) is 2.56. The van der Waals surface area contributed by atoms with Crippen LogP contribution in [-0.2, 0) is 14.8 Å². The van der Waals surface area contributed by atoms with E-state index in [-0.39, 0.29) is 16.3 Å². The molecular formula is C20H15Cl2FN2O3S. The number of para-hydroxylation sites is 1. The summed E-state index contributed by atoms with van der Waals surface area (Å²) in [6.45, 7) is -0.584. The summed E-state index contributed by atoms with van der Waals surface area (Å²) in [5.74, 6) is -1.34. The second kappa shape index (κ2) is 8.82. The fraction of sp³-hybridized carbons (Fsp3) is 0.0500. The molecule has 0 heterocycles. The normalized spacial score (nSPS) is 11.1. The summed E-state index contributed by atoms with van der Waals surface area (Å²) in [6, 6.07) is 17.2. The molecule has 0 saturated carbocycles. The van der Waals surface area contributed by atoms with E-state index in [4.69, 9.17) is 23.2 Å². The topological polar surface area (TPSA) is 66.5 Å². The molecule has 0 aromatic heterocycles. The third-order valence-electron chi connectivity index (χ3n) is 3.93. The van der Waals surface area contributed by atoms with Gasteiger partial charge in [0.05, 0.1) is 16.3 Å². The van der Waals surface area contributed by atoms with Gasteiger partial charge in [0.15, 0.2) is 0 Å². The SMILES string of the molecule is O=C(CN(c1cccc(Cl)c1)S(=O)(=O)c1ccc(Cl)cc1)Nc1ccccc1F. The molecule has 3 aromatic carbocycles. The second-order valence-corrected chi connectivity index (χ2v) is 8.71. The number of nitrogens with zero attached hydrogens (tertiary/aromatic N) is 1. The van der Waals surface area contributed by atoms with Gasteiger partial charge >= 0.3 is 0 Å². The predicted octanol–water partition coefficient (Wildman–Crippen LogP) is 4.97. The Morgan fingerprint density at radius 3 is 2.28 bits per heavy atom. The minimum absolute atomic E-state index is 0.0487. The molecule has 9 heteroatoms. The first-order chi connectivity index (χ1) is 13.8. The molecule has 0 atom stereocenters. The van der Waals surface area contributed by atoms with Crippen molar-refractivity contribution in [1.82, 2.24) is 0 Å². The lowest BCUT2D eigenvalue weighted by atomic mass is 10.3. The van der Waals surface area contributed by atoms with Crippen molar-refractivity contribution in [3.63, 3.8) is 0 Å². The number of sulfonamides is 1. The van der Waals surface area contributed by atoms with E-state index in [1.54, 1.807) is 18.2 Å². The largest absolute Gasteiger partial charge is 0.322 e. The van der Waals surface area contributed by atoms with E-state index < -0.39 is 28.3 Å². The number of amides is 1. The van der Waals surface area contributed by atoms with Crippen LogP contribution in [0, 0.1) is 5.82 Å². The first-order valence-corrected chi connectivity index (χ1v) is 10.6. The van der Waals surface area contributed by atoms with E-state index in [1.165, 1.54) is 54.6 Å². The minimum Gasteiger partial charge on any atom is -0.322 e. The van der Waals surface area contributed by atoms with E-state index in [0.717, 1.165) is 4.31 Å². The molecule has 0 fully saturated rings. The summed E-state index contributed by atoms with van der Waals surface area (Å²) in [4.78, 5) is 12.5. The number of nitrogens with one attached hydrogen (secondary N) is 1. The van der Waals surface area contributed by atoms with Crippen molar-refractivity contribution < 1.29 is 17.6 Å². The molecule has 150 valence electrons. The van der Waals surface area contributed by atoms with Gasteiger partial charge in [0, 0.05) is 10.0 Å². The van der Waals surface area contributed by atoms with Gasteiger partial charge in [-0.25, -0.2) is 12.8 Å². The van der Waals surface area contributed by atoms with Gasteiger partial charge in [-0.3, -0.25) is 9.10 Å². The molecule has 0 aliphatic heterocycles. The lowest BCUT2D eigenvalue weighted by Crippen LogP contribution is -2.38. The third-order valence-corrected chi connectivity index (χ3v) is 6.21. The van der Waals surface area contributed by atoms with Crippen molar-refractivity contribution in [2.24, 2.45) is 0 Å². The van der Waals surface area contributed by atoms with E-state index in [0.29, 0.717) is 10.0 Å².